The molecule has 26 heavy (non-hydrogen) atoms. The van der Waals surface area contributed by atoms with Crippen molar-refractivity contribution >= 4 is 11.9 Å². The third-order valence-corrected chi connectivity index (χ3v) is 4.47. The minimum atomic E-state index is -0.280. The van der Waals surface area contributed by atoms with E-state index in [2.05, 4.69) is 0 Å². The van der Waals surface area contributed by atoms with Gasteiger partial charge in [0.1, 0.15) is 18.5 Å². The summed E-state index contributed by atoms with van der Waals surface area (Å²) >= 11 is 0. The Morgan fingerprint density at radius 1 is 1.00 bits per heavy atom. The quantitative estimate of drug-likeness (QED) is 0.761. The Morgan fingerprint density at radius 2 is 1.65 bits per heavy atom. The summed E-state index contributed by atoms with van der Waals surface area (Å²) in [7, 11) is 0. The zero-order valence-corrected chi connectivity index (χ0v) is 14.9. The van der Waals surface area contributed by atoms with E-state index in [0.717, 1.165) is 24.2 Å². The molecule has 0 aromatic heterocycles. The molecule has 0 bridgehead atoms. The number of piperidine rings is 1. The van der Waals surface area contributed by atoms with Crippen molar-refractivity contribution in [3.63, 3.8) is 0 Å². The number of Topliss-reactive ketones (excluding diaryl/α,β-unsaturated/α-hetero) is 1. The highest BCUT2D eigenvalue weighted by Gasteiger charge is 2.24. The molecule has 2 aromatic carbocycles. The maximum atomic E-state index is 12.2. The summed E-state index contributed by atoms with van der Waals surface area (Å²) in [5.74, 6) is 0.791. The number of benzene rings is 2. The van der Waals surface area contributed by atoms with Crippen molar-refractivity contribution in [2.45, 2.75) is 32.5 Å². The normalized spacial score (nSPS) is 14.7. The Morgan fingerprint density at radius 3 is 2.27 bits per heavy atom. The van der Waals surface area contributed by atoms with E-state index in [-0.39, 0.29) is 18.0 Å². The molecular formula is C21H23NO4. The molecule has 0 spiro atoms. The topological polar surface area (TPSA) is 55.8 Å². The molecule has 1 fully saturated rings. The molecule has 136 valence electrons. The second kappa shape index (κ2) is 8.52. The van der Waals surface area contributed by atoms with Crippen molar-refractivity contribution in [3.05, 3.63) is 65.7 Å². The van der Waals surface area contributed by atoms with Gasteiger partial charge in [-0.2, -0.15) is 0 Å². The van der Waals surface area contributed by atoms with Crippen LogP contribution < -0.4 is 4.74 Å². The molecule has 1 aliphatic heterocycles. The predicted octanol–water partition coefficient (Wildman–Crippen LogP) is 4.07. The van der Waals surface area contributed by atoms with Gasteiger partial charge in [0.15, 0.2) is 5.78 Å². The molecule has 0 atom stereocenters. The van der Waals surface area contributed by atoms with Crippen LogP contribution in [-0.4, -0.2) is 36.0 Å². The first-order valence-corrected chi connectivity index (χ1v) is 8.85. The molecule has 0 radical (unpaired) electrons. The second-order valence-electron chi connectivity index (χ2n) is 6.43. The summed E-state index contributed by atoms with van der Waals surface area (Å²) < 4.78 is 11.3. The Balaban J connectivity index is 1.43. The van der Waals surface area contributed by atoms with Crippen molar-refractivity contribution in [2.24, 2.45) is 0 Å². The molecule has 1 heterocycles. The summed E-state index contributed by atoms with van der Waals surface area (Å²) in [5, 5.41) is 0. The monoisotopic (exact) mass is 353 g/mol. The van der Waals surface area contributed by atoms with Gasteiger partial charge in [0.2, 0.25) is 0 Å². The van der Waals surface area contributed by atoms with Gasteiger partial charge >= 0.3 is 6.09 Å². The first-order valence-electron chi connectivity index (χ1n) is 8.85. The van der Waals surface area contributed by atoms with Gasteiger partial charge in [0.05, 0.1) is 0 Å². The van der Waals surface area contributed by atoms with Gasteiger partial charge in [-0.25, -0.2) is 4.79 Å². The molecule has 0 saturated carbocycles. The van der Waals surface area contributed by atoms with Gasteiger partial charge < -0.3 is 14.4 Å². The Labute approximate surface area is 153 Å². The van der Waals surface area contributed by atoms with Gasteiger partial charge in [-0.3, -0.25) is 4.79 Å². The number of ether oxygens (including phenoxy) is 2. The summed E-state index contributed by atoms with van der Waals surface area (Å²) in [6.07, 6.45) is 1.30. The van der Waals surface area contributed by atoms with Gasteiger partial charge in [-0.05, 0) is 36.8 Å². The molecule has 3 rings (SSSR count). The molecule has 5 nitrogen and oxygen atoms in total. The lowest BCUT2D eigenvalue weighted by atomic mass is 10.1. The van der Waals surface area contributed by atoms with E-state index in [1.54, 1.807) is 24.0 Å². The lowest BCUT2D eigenvalue weighted by Gasteiger charge is -2.31. The molecule has 5 heteroatoms. The van der Waals surface area contributed by atoms with E-state index < -0.39 is 0 Å². The highest BCUT2D eigenvalue weighted by atomic mass is 16.6. The number of rotatable bonds is 5. The van der Waals surface area contributed by atoms with Gasteiger partial charge in [-0.15, -0.1) is 0 Å². The smallest absolute Gasteiger partial charge is 0.410 e. The molecule has 0 aliphatic carbocycles. The minimum Gasteiger partial charge on any atom is -0.490 e. The van der Waals surface area contributed by atoms with Crippen LogP contribution in [0.3, 0.4) is 0 Å². The van der Waals surface area contributed by atoms with Crippen LogP contribution in [-0.2, 0) is 11.3 Å². The fourth-order valence-electron chi connectivity index (χ4n) is 2.93. The molecule has 0 N–H and O–H groups in total. The number of hydrogen-bond donors (Lipinski definition) is 0. The third-order valence-electron chi connectivity index (χ3n) is 4.47. The average molecular weight is 353 g/mol. The number of ketones is 1. The fourth-order valence-corrected chi connectivity index (χ4v) is 2.93. The molecular weight excluding hydrogens is 330 g/mol. The average Bonchev–Trinajstić information content (AvgIpc) is 2.68. The van der Waals surface area contributed by atoms with Crippen molar-refractivity contribution in [3.8, 4) is 5.75 Å². The summed E-state index contributed by atoms with van der Waals surface area (Å²) in [6, 6.07) is 16.8. The number of carbonyl (C=O) groups is 2. The maximum Gasteiger partial charge on any atom is 0.410 e. The van der Waals surface area contributed by atoms with Crippen LogP contribution in [0.15, 0.2) is 54.6 Å². The van der Waals surface area contributed by atoms with Crippen molar-refractivity contribution in [1.29, 1.82) is 0 Å². The van der Waals surface area contributed by atoms with Crippen LogP contribution in [0.4, 0.5) is 4.79 Å². The van der Waals surface area contributed by atoms with Crippen LogP contribution in [0.25, 0.3) is 0 Å². The van der Waals surface area contributed by atoms with E-state index in [1.807, 2.05) is 42.5 Å². The number of carbonyl (C=O) groups excluding carboxylic acids is 2. The molecule has 2 aromatic rings. The van der Waals surface area contributed by atoms with Crippen LogP contribution in [0.2, 0.25) is 0 Å². The zero-order chi connectivity index (χ0) is 18.4. The van der Waals surface area contributed by atoms with E-state index in [0.29, 0.717) is 25.3 Å². The van der Waals surface area contributed by atoms with E-state index in [1.165, 1.54) is 0 Å². The first kappa shape index (κ1) is 18.0. The second-order valence-corrected chi connectivity index (χ2v) is 6.43. The molecule has 1 saturated heterocycles. The molecule has 1 amide bonds. The van der Waals surface area contributed by atoms with Crippen LogP contribution >= 0.6 is 0 Å². The van der Waals surface area contributed by atoms with Gasteiger partial charge in [0.25, 0.3) is 0 Å². The lowest BCUT2D eigenvalue weighted by molar-refractivity contribution is 0.0638. The largest absolute Gasteiger partial charge is 0.490 e. The van der Waals surface area contributed by atoms with Crippen molar-refractivity contribution < 1.29 is 19.1 Å². The highest BCUT2D eigenvalue weighted by Crippen LogP contribution is 2.20. The Hall–Kier alpha value is -2.82. The van der Waals surface area contributed by atoms with E-state index in [4.69, 9.17) is 9.47 Å². The standard InChI is InChI=1S/C21H23NO4/c1-16(23)18-7-9-19(10-8-18)26-20-11-13-22(14-12-20)21(24)25-15-17-5-3-2-4-6-17/h2-10,20H,11-15H2,1H3. The summed E-state index contributed by atoms with van der Waals surface area (Å²) in [5.41, 5.74) is 1.65. The summed E-state index contributed by atoms with van der Waals surface area (Å²) in [4.78, 5) is 25.2. The molecule has 0 unspecified atom stereocenters. The molecule has 1 aliphatic rings. The number of hydrogen-bond acceptors (Lipinski definition) is 4. The third kappa shape index (κ3) is 4.85. The first-order chi connectivity index (χ1) is 12.6. The summed E-state index contributed by atoms with van der Waals surface area (Å²) in [6.45, 7) is 3.06. The number of amides is 1. The Kier molecular flexibility index (Phi) is 5.89. The Bertz CT molecular complexity index is 734. The van der Waals surface area contributed by atoms with Crippen LogP contribution in [0, 0.1) is 0 Å². The maximum absolute atomic E-state index is 12.2. The van der Waals surface area contributed by atoms with Gasteiger partial charge in [-0.1, -0.05) is 30.3 Å². The van der Waals surface area contributed by atoms with Crippen molar-refractivity contribution in [1.82, 2.24) is 4.90 Å². The zero-order valence-electron chi connectivity index (χ0n) is 14.9. The minimum absolute atomic E-state index is 0.0406. The SMILES string of the molecule is CC(=O)c1ccc(OC2CCN(C(=O)OCc3ccccc3)CC2)cc1. The van der Waals surface area contributed by atoms with E-state index >= 15 is 0 Å². The van der Waals surface area contributed by atoms with Crippen LogP contribution in [0.1, 0.15) is 35.7 Å². The lowest BCUT2D eigenvalue weighted by Crippen LogP contribution is -2.42. The van der Waals surface area contributed by atoms with Crippen LogP contribution in [0.5, 0.6) is 5.75 Å². The van der Waals surface area contributed by atoms with E-state index in [9.17, 15) is 9.59 Å². The highest BCUT2D eigenvalue weighted by molar-refractivity contribution is 5.94. The fraction of sp³-hybridized carbons (Fsp3) is 0.333. The predicted molar refractivity (Wildman–Crippen MR) is 98.3 cm³/mol. The number of nitrogens with zero attached hydrogens (tertiary/aromatic N) is 1. The van der Waals surface area contributed by atoms with Crippen molar-refractivity contribution in [2.75, 3.05) is 13.1 Å². The van der Waals surface area contributed by atoms with Gasteiger partial charge in [0, 0.05) is 31.5 Å². The number of likely N-dealkylation sites (tertiary alicyclic amines) is 1.